The number of ketones is 2. The van der Waals surface area contributed by atoms with Crippen molar-refractivity contribution in [2.45, 2.75) is 72.3 Å². The number of aliphatic hydroxyl groups is 1. The van der Waals surface area contributed by atoms with E-state index in [4.69, 9.17) is 18.9 Å². The Morgan fingerprint density at radius 3 is 2.43 bits per heavy atom. The lowest BCUT2D eigenvalue weighted by Crippen LogP contribution is -2.48. The molecule has 2 aromatic rings. The first-order valence-electron chi connectivity index (χ1n) is 15.8. The zero-order valence-electron chi connectivity index (χ0n) is 27.7. The Labute approximate surface area is 275 Å². The van der Waals surface area contributed by atoms with Crippen molar-refractivity contribution in [3.8, 4) is 0 Å². The largest absolute Gasteiger partial charge is 0.453 e. The van der Waals surface area contributed by atoms with Crippen LogP contribution in [0.25, 0.3) is 5.57 Å². The van der Waals surface area contributed by atoms with Crippen LogP contribution in [0.2, 0.25) is 0 Å². The molecule has 4 atom stereocenters. The number of amides is 2. The van der Waals surface area contributed by atoms with Gasteiger partial charge in [0.1, 0.15) is 12.7 Å². The highest BCUT2D eigenvalue weighted by molar-refractivity contribution is 6.25. The fourth-order valence-electron chi connectivity index (χ4n) is 5.10. The molecule has 1 heterocycles. The lowest BCUT2D eigenvalue weighted by molar-refractivity contribution is -0.158. The summed E-state index contributed by atoms with van der Waals surface area (Å²) in [5.74, 6) is -3.97. The van der Waals surface area contributed by atoms with Gasteiger partial charge in [-0.15, -0.1) is 0 Å². The minimum Gasteiger partial charge on any atom is -0.453 e. The van der Waals surface area contributed by atoms with Crippen LogP contribution in [-0.4, -0.2) is 84.2 Å². The first-order chi connectivity index (χ1) is 22.4. The molecule has 0 radical (unpaired) electrons. The lowest BCUT2D eigenvalue weighted by Gasteiger charge is -2.28. The summed E-state index contributed by atoms with van der Waals surface area (Å²) < 4.78 is 21.8. The molecule has 0 aromatic heterocycles. The van der Waals surface area contributed by atoms with Gasteiger partial charge in [0.05, 0.1) is 31.8 Å². The number of Topliss-reactive ketones (excluding diaryl/α,β-unsaturated/α-hetero) is 1. The molecule has 254 valence electrons. The summed E-state index contributed by atoms with van der Waals surface area (Å²) in [5, 5.41) is 9.66. The van der Waals surface area contributed by atoms with E-state index in [9.17, 15) is 29.1 Å². The van der Waals surface area contributed by atoms with E-state index in [-0.39, 0.29) is 50.1 Å². The third-order valence-electron chi connectivity index (χ3n) is 7.77. The number of rotatable bonds is 18. The summed E-state index contributed by atoms with van der Waals surface area (Å²) in [5.41, 5.74) is 2.41. The van der Waals surface area contributed by atoms with E-state index in [0.717, 1.165) is 29.0 Å². The van der Waals surface area contributed by atoms with Crippen LogP contribution < -0.4 is 0 Å². The van der Waals surface area contributed by atoms with Gasteiger partial charge in [-0.3, -0.25) is 19.2 Å². The molecule has 2 amide bonds. The number of cyclic esters (lactones) is 1. The Balaban J connectivity index is 1.72. The van der Waals surface area contributed by atoms with Crippen LogP contribution in [-0.2, 0) is 44.7 Å². The number of ether oxygens (including phenoxy) is 4. The molecule has 11 nitrogen and oxygen atoms in total. The van der Waals surface area contributed by atoms with Crippen molar-refractivity contribution in [3.05, 3.63) is 77.4 Å². The quantitative estimate of drug-likeness (QED) is 0.139. The van der Waals surface area contributed by atoms with Crippen LogP contribution in [0.5, 0.6) is 0 Å². The maximum absolute atomic E-state index is 13.7. The van der Waals surface area contributed by atoms with Gasteiger partial charge in [0.15, 0.2) is 17.7 Å². The molecule has 1 N–H and O–H groups in total. The Morgan fingerprint density at radius 2 is 1.79 bits per heavy atom. The zero-order valence-corrected chi connectivity index (χ0v) is 27.7. The molecule has 11 heteroatoms. The van der Waals surface area contributed by atoms with Gasteiger partial charge in [-0.1, -0.05) is 74.0 Å². The van der Waals surface area contributed by atoms with E-state index >= 15 is 0 Å². The van der Waals surface area contributed by atoms with E-state index in [1.54, 1.807) is 18.2 Å². The van der Waals surface area contributed by atoms with Crippen LogP contribution in [0, 0.1) is 18.8 Å². The van der Waals surface area contributed by atoms with Crippen LogP contribution in [0.15, 0.2) is 60.7 Å². The number of esters is 1. The second-order valence-electron chi connectivity index (χ2n) is 11.9. The number of benzene rings is 2. The van der Waals surface area contributed by atoms with Crippen molar-refractivity contribution in [2.75, 3.05) is 26.4 Å². The maximum atomic E-state index is 13.7. The third kappa shape index (κ3) is 10.9. The topological polar surface area (TPSA) is 146 Å². The first kappa shape index (κ1) is 37.3. The summed E-state index contributed by atoms with van der Waals surface area (Å²) in [6, 6.07) is 16.1. The fraction of sp³-hybridized carbons (Fsp3) is 0.472. The van der Waals surface area contributed by atoms with Crippen molar-refractivity contribution < 1.29 is 48.0 Å². The standard InChI is InChI=1S/C36H45NO10/c1-23(2)31-22-46-36(43)37(31)35(42)25(4)34(47-26(5)39)33(41)18-30(28-14-9-11-24(3)17-28)32(40)15-10-16-44-21-29(19-38)45-20-27-12-7-6-8-13-27/h6-9,11-14,17-18,23,25,29,31,34,38H,10,15-16,19-22H2,1-5H3/t25-,29-,31+,34-/m1/s1. The van der Waals surface area contributed by atoms with E-state index in [0.29, 0.717) is 18.6 Å². The van der Waals surface area contributed by atoms with Gasteiger partial charge in [-0.05, 0) is 43.4 Å². The highest BCUT2D eigenvalue weighted by Gasteiger charge is 2.44. The predicted molar refractivity (Wildman–Crippen MR) is 173 cm³/mol. The highest BCUT2D eigenvalue weighted by Crippen LogP contribution is 2.26. The molecule has 0 unspecified atom stereocenters. The van der Waals surface area contributed by atoms with Crippen LogP contribution in [0.1, 0.15) is 57.2 Å². The molecule has 0 spiro atoms. The number of imide groups is 1. The summed E-state index contributed by atoms with van der Waals surface area (Å²) in [4.78, 5) is 66.2. The number of aliphatic hydroxyl groups excluding tert-OH is 1. The number of allylic oxidation sites excluding steroid dienone is 1. The number of carbonyl (C=O) groups excluding carboxylic acids is 5. The number of carbonyl (C=O) groups is 5. The number of nitrogens with zero attached hydrogens (tertiary/aromatic N) is 1. The second kappa shape index (κ2) is 18.2. The minimum absolute atomic E-state index is 0.0259. The fourth-order valence-corrected chi connectivity index (χ4v) is 5.10. The minimum atomic E-state index is -1.58. The van der Waals surface area contributed by atoms with E-state index in [1.165, 1.54) is 6.92 Å². The second-order valence-corrected chi connectivity index (χ2v) is 11.9. The Kier molecular flexibility index (Phi) is 14.5. The summed E-state index contributed by atoms with van der Waals surface area (Å²) in [6.45, 7) is 8.50. The van der Waals surface area contributed by atoms with Gasteiger partial charge in [-0.25, -0.2) is 9.69 Å². The summed E-state index contributed by atoms with van der Waals surface area (Å²) in [7, 11) is 0. The molecule has 1 aliphatic heterocycles. The summed E-state index contributed by atoms with van der Waals surface area (Å²) in [6.07, 6.45) is -1.48. The molecule has 0 aliphatic carbocycles. The van der Waals surface area contributed by atoms with Gasteiger partial charge < -0.3 is 24.1 Å². The SMILES string of the molecule is CC(=O)O[C@@H](C(=O)C=C(C(=O)CCCOC[C@@H](CO)OCc1ccccc1)c1cccc(C)c1)[C@@H](C)C(=O)N1C(=O)OC[C@H]1C(C)C. The number of aryl methyl sites for hydroxylation is 1. The number of hydrogen-bond acceptors (Lipinski definition) is 10. The van der Waals surface area contributed by atoms with E-state index < -0.39 is 47.9 Å². The van der Waals surface area contributed by atoms with Crippen LogP contribution in [0.3, 0.4) is 0 Å². The lowest BCUT2D eigenvalue weighted by atomic mass is 9.92. The normalized spacial score (nSPS) is 16.8. The van der Waals surface area contributed by atoms with Crippen molar-refractivity contribution in [2.24, 2.45) is 11.8 Å². The third-order valence-corrected chi connectivity index (χ3v) is 7.77. The molecule has 1 fully saturated rings. The Bertz CT molecular complexity index is 1420. The molecule has 47 heavy (non-hydrogen) atoms. The Hall–Kier alpha value is -4.19. The van der Waals surface area contributed by atoms with Gasteiger partial charge in [0.25, 0.3) is 0 Å². The van der Waals surface area contributed by atoms with Crippen LogP contribution in [0.4, 0.5) is 4.79 Å². The maximum Gasteiger partial charge on any atom is 0.416 e. The molecular weight excluding hydrogens is 606 g/mol. The molecule has 1 saturated heterocycles. The zero-order chi connectivity index (χ0) is 34.5. The van der Waals surface area contributed by atoms with Gasteiger partial charge >= 0.3 is 12.1 Å². The van der Waals surface area contributed by atoms with E-state index in [1.807, 2.05) is 57.2 Å². The average Bonchev–Trinajstić information content (AvgIpc) is 3.44. The van der Waals surface area contributed by atoms with E-state index in [2.05, 4.69) is 0 Å². The Morgan fingerprint density at radius 1 is 1.06 bits per heavy atom. The van der Waals surface area contributed by atoms with Gasteiger partial charge in [0, 0.05) is 25.5 Å². The van der Waals surface area contributed by atoms with Crippen LogP contribution >= 0.6 is 0 Å². The van der Waals surface area contributed by atoms with Crippen molar-refractivity contribution in [3.63, 3.8) is 0 Å². The molecule has 1 aliphatic rings. The first-order valence-corrected chi connectivity index (χ1v) is 15.8. The molecule has 0 saturated carbocycles. The predicted octanol–water partition coefficient (Wildman–Crippen LogP) is 4.46. The van der Waals surface area contributed by atoms with Crippen molar-refractivity contribution >= 4 is 35.1 Å². The molecule has 2 aromatic carbocycles. The molecule has 3 rings (SSSR count). The van der Waals surface area contributed by atoms with Gasteiger partial charge in [-0.2, -0.15) is 0 Å². The molecule has 0 bridgehead atoms. The summed E-state index contributed by atoms with van der Waals surface area (Å²) >= 11 is 0. The van der Waals surface area contributed by atoms with Crippen molar-refractivity contribution in [1.82, 2.24) is 4.90 Å². The van der Waals surface area contributed by atoms with Crippen molar-refractivity contribution in [1.29, 1.82) is 0 Å². The molecular formula is C36H45NO10. The average molecular weight is 652 g/mol. The monoisotopic (exact) mass is 651 g/mol. The highest BCUT2D eigenvalue weighted by atomic mass is 16.6. The number of hydrogen-bond donors (Lipinski definition) is 1. The smallest absolute Gasteiger partial charge is 0.416 e. The van der Waals surface area contributed by atoms with Gasteiger partial charge in [0.2, 0.25) is 5.91 Å².